The van der Waals surface area contributed by atoms with Gasteiger partial charge in [-0.15, -0.1) is 5.10 Å². The van der Waals surface area contributed by atoms with Crippen LogP contribution in [0.25, 0.3) is 11.3 Å². The van der Waals surface area contributed by atoms with Crippen molar-refractivity contribution in [2.75, 3.05) is 18.4 Å². The van der Waals surface area contributed by atoms with E-state index < -0.39 is 12.2 Å². The third kappa shape index (κ3) is 5.54. The molecule has 1 aliphatic heterocycles. The number of β-amino-alcohol motifs (C(OH)–C–C–N with tert-alkyl or cyclic N) is 1. The van der Waals surface area contributed by atoms with Crippen molar-refractivity contribution in [1.29, 1.82) is 0 Å². The minimum atomic E-state index is -2.93. The summed E-state index contributed by atoms with van der Waals surface area (Å²) in [5.74, 6) is -0.497. The predicted molar refractivity (Wildman–Crippen MR) is 118 cm³/mol. The monoisotopic (exact) mass is 471 g/mol. The van der Waals surface area contributed by atoms with E-state index in [9.17, 15) is 23.5 Å². The Balaban J connectivity index is 1.37. The van der Waals surface area contributed by atoms with Gasteiger partial charge in [0, 0.05) is 30.3 Å². The lowest BCUT2D eigenvalue weighted by Gasteiger charge is -2.23. The zero-order chi connectivity index (χ0) is 24.3. The van der Waals surface area contributed by atoms with Gasteiger partial charge >= 0.3 is 6.61 Å². The van der Waals surface area contributed by atoms with Crippen LogP contribution in [0.4, 0.5) is 14.5 Å². The number of benzene rings is 2. The van der Waals surface area contributed by atoms with Crippen LogP contribution in [0.2, 0.25) is 0 Å². The van der Waals surface area contributed by atoms with Crippen LogP contribution < -0.4 is 10.1 Å². The maximum absolute atomic E-state index is 12.8. The lowest BCUT2D eigenvalue weighted by atomic mass is 10.0. The Bertz CT molecular complexity index is 1170. The number of carbonyl (C=O) groups excluding carboxylic acids is 2. The Hall–Kier alpha value is -3.86. The molecule has 1 aromatic heterocycles. The van der Waals surface area contributed by atoms with Crippen LogP contribution in [0.3, 0.4) is 0 Å². The molecule has 178 valence electrons. The number of alkyl halides is 2. The molecule has 11 heteroatoms. The van der Waals surface area contributed by atoms with E-state index in [1.165, 1.54) is 40.8 Å². The molecule has 3 aromatic rings. The first-order chi connectivity index (χ1) is 16.2. The average molecular weight is 471 g/mol. The SMILES string of the molecule is CC(=O)Nc1ccc(-c2cn(CC3(O)CCN(C(=O)c4ccc(OC(F)F)cc4)C3)nn2)cc1. The summed E-state index contributed by atoms with van der Waals surface area (Å²) >= 11 is 0. The smallest absolute Gasteiger partial charge is 0.387 e. The van der Waals surface area contributed by atoms with Crippen LogP contribution in [-0.4, -0.2) is 62.1 Å². The number of rotatable bonds is 7. The summed E-state index contributed by atoms with van der Waals surface area (Å²) in [6, 6.07) is 12.6. The fourth-order valence-corrected chi connectivity index (χ4v) is 3.86. The first kappa shape index (κ1) is 23.3. The van der Waals surface area contributed by atoms with Gasteiger partial charge in [-0.05, 0) is 42.8 Å². The van der Waals surface area contributed by atoms with Gasteiger partial charge < -0.3 is 20.1 Å². The van der Waals surface area contributed by atoms with Gasteiger partial charge in [-0.1, -0.05) is 17.3 Å². The highest BCUT2D eigenvalue weighted by Gasteiger charge is 2.39. The Morgan fingerprint density at radius 1 is 1.18 bits per heavy atom. The number of nitrogens with zero attached hydrogens (tertiary/aromatic N) is 4. The molecule has 2 heterocycles. The number of nitrogens with one attached hydrogen (secondary N) is 1. The zero-order valence-corrected chi connectivity index (χ0v) is 18.3. The number of hydrogen-bond donors (Lipinski definition) is 2. The number of carbonyl (C=O) groups is 2. The van der Waals surface area contributed by atoms with Crippen molar-refractivity contribution in [3.63, 3.8) is 0 Å². The van der Waals surface area contributed by atoms with Gasteiger partial charge in [-0.3, -0.25) is 9.59 Å². The standard InChI is InChI=1S/C23H23F2N5O4/c1-15(31)26-18-6-2-16(3-7-18)20-12-30(28-27-20)14-23(33)10-11-29(13-23)21(32)17-4-8-19(9-5-17)34-22(24)25/h2-9,12,22,33H,10-11,13-14H2,1H3,(H,26,31). The van der Waals surface area contributed by atoms with E-state index in [1.807, 2.05) is 12.1 Å². The first-order valence-electron chi connectivity index (χ1n) is 10.6. The molecule has 2 aromatic carbocycles. The fourth-order valence-electron chi connectivity index (χ4n) is 3.86. The summed E-state index contributed by atoms with van der Waals surface area (Å²) in [7, 11) is 0. The molecular formula is C23H23F2N5O4. The number of aliphatic hydroxyl groups is 1. The summed E-state index contributed by atoms with van der Waals surface area (Å²) in [5, 5.41) is 22.0. The number of likely N-dealkylation sites (tertiary alicyclic amines) is 1. The van der Waals surface area contributed by atoms with Crippen LogP contribution in [0.15, 0.2) is 54.7 Å². The van der Waals surface area contributed by atoms with Crippen molar-refractivity contribution in [3.8, 4) is 17.0 Å². The number of anilines is 1. The average Bonchev–Trinajstić information content (AvgIpc) is 3.40. The summed E-state index contributed by atoms with van der Waals surface area (Å²) in [4.78, 5) is 25.4. The Kier molecular flexibility index (Phi) is 6.55. The van der Waals surface area contributed by atoms with E-state index in [2.05, 4.69) is 20.4 Å². The fraction of sp³-hybridized carbons (Fsp3) is 0.304. The highest BCUT2D eigenvalue weighted by Crippen LogP contribution is 2.26. The van der Waals surface area contributed by atoms with Gasteiger partial charge in [0.25, 0.3) is 5.91 Å². The zero-order valence-electron chi connectivity index (χ0n) is 18.3. The maximum Gasteiger partial charge on any atom is 0.387 e. The van der Waals surface area contributed by atoms with E-state index in [-0.39, 0.29) is 30.7 Å². The van der Waals surface area contributed by atoms with Crippen LogP contribution in [0.5, 0.6) is 5.75 Å². The molecule has 1 atom stereocenters. The van der Waals surface area contributed by atoms with E-state index in [0.717, 1.165) is 5.56 Å². The number of ether oxygens (including phenoxy) is 1. The molecule has 1 fully saturated rings. The highest BCUT2D eigenvalue weighted by atomic mass is 19.3. The second-order valence-electron chi connectivity index (χ2n) is 8.16. The molecule has 0 radical (unpaired) electrons. The van der Waals surface area contributed by atoms with Gasteiger partial charge in [0.1, 0.15) is 17.0 Å². The van der Waals surface area contributed by atoms with Crippen molar-refractivity contribution in [1.82, 2.24) is 19.9 Å². The third-order valence-electron chi connectivity index (χ3n) is 5.44. The quantitative estimate of drug-likeness (QED) is 0.549. The Morgan fingerprint density at radius 3 is 2.53 bits per heavy atom. The molecule has 0 saturated carbocycles. The molecule has 0 aliphatic carbocycles. The van der Waals surface area contributed by atoms with E-state index in [0.29, 0.717) is 29.9 Å². The summed E-state index contributed by atoms with van der Waals surface area (Å²) in [5.41, 5.74) is 1.21. The molecular weight excluding hydrogens is 448 g/mol. The van der Waals surface area contributed by atoms with Gasteiger partial charge in [0.2, 0.25) is 5.91 Å². The second-order valence-corrected chi connectivity index (χ2v) is 8.16. The van der Waals surface area contributed by atoms with Gasteiger partial charge in [-0.2, -0.15) is 8.78 Å². The summed E-state index contributed by atoms with van der Waals surface area (Å²) < 4.78 is 30.4. The summed E-state index contributed by atoms with van der Waals surface area (Å²) in [6.45, 7) is -0.910. The highest BCUT2D eigenvalue weighted by molar-refractivity contribution is 5.94. The van der Waals surface area contributed by atoms with Crippen molar-refractivity contribution in [2.45, 2.75) is 32.1 Å². The minimum absolute atomic E-state index is 0.0313. The molecule has 2 amide bonds. The van der Waals surface area contributed by atoms with Crippen molar-refractivity contribution in [2.24, 2.45) is 0 Å². The Labute approximate surface area is 193 Å². The third-order valence-corrected chi connectivity index (χ3v) is 5.44. The Morgan fingerprint density at radius 2 is 1.88 bits per heavy atom. The first-order valence-corrected chi connectivity index (χ1v) is 10.6. The van der Waals surface area contributed by atoms with Gasteiger partial charge in [0.05, 0.1) is 19.3 Å². The normalized spacial score (nSPS) is 17.7. The summed E-state index contributed by atoms with van der Waals surface area (Å²) in [6.07, 6.45) is 2.06. The molecule has 0 bridgehead atoms. The molecule has 34 heavy (non-hydrogen) atoms. The number of aromatic nitrogens is 3. The van der Waals surface area contributed by atoms with Crippen LogP contribution in [0, 0.1) is 0 Å². The molecule has 0 spiro atoms. The molecule has 1 aliphatic rings. The lowest BCUT2D eigenvalue weighted by molar-refractivity contribution is -0.114. The van der Waals surface area contributed by atoms with Crippen molar-refractivity contribution in [3.05, 3.63) is 60.3 Å². The molecule has 1 unspecified atom stereocenters. The van der Waals surface area contributed by atoms with Crippen LogP contribution >= 0.6 is 0 Å². The second kappa shape index (κ2) is 9.56. The predicted octanol–water partition coefficient (Wildman–Crippen LogP) is 2.78. The minimum Gasteiger partial charge on any atom is -0.435 e. The van der Waals surface area contributed by atoms with E-state index >= 15 is 0 Å². The number of hydrogen-bond acceptors (Lipinski definition) is 6. The lowest BCUT2D eigenvalue weighted by Crippen LogP contribution is -2.39. The molecule has 4 rings (SSSR count). The molecule has 2 N–H and O–H groups in total. The number of halogens is 2. The topological polar surface area (TPSA) is 110 Å². The van der Waals surface area contributed by atoms with Crippen molar-refractivity contribution >= 4 is 17.5 Å². The van der Waals surface area contributed by atoms with Crippen LogP contribution in [-0.2, 0) is 11.3 Å². The molecule has 9 nitrogen and oxygen atoms in total. The van der Waals surface area contributed by atoms with E-state index in [1.54, 1.807) is 18.3 Å². The van der Waals surface area contributed by atoms with Crippen molar-refractivity contribution < 1.29 is 28.2 Å². The van der Waals surface area contributed by atoms with Crippen LogP contribution in [0.1, 0.15) is 23.7 Å². The molecule has 1 saturated heterocycles. The van der Waals surface area contributed by atoms with Gasteiger partial charge in [-0.25, -0.2) is 4.68 Å². The van der Waals surface area contributed by atoms with E-state index in [4.69, 9.17) is 0 Å². The maximum atomic E-state index is 12.8. The van der Waals surface area contributed by atoms with Gasteiger partial charge in [0.15, 0.2) is 0 Å². The number of amides is 2. The largest absolute Gasteiger partial charge is 0.435 e.